The number of rotatable bonds is 9. The highest BCUT2D eigenvalue weighted by Gasteiger charge is 2.25. The molecular formula is C17H24ClN3O4. The van der Waals surface area contributed by atoms with Gasteiger partial charge in [-0.15, -0.1) is 0 Å². The van der Waals surface area contributed by atoms with Crippen molar-refractivity contribution in [3.8, 4) is 0 Å². The Hall–Kier alpha value is -2.15. The fourth-order valence-electron chi connectivity index (χ4n) is 2.25. The largest absolute Gasteiger partial charge is 0.354 e. The molecule has 2 amide bonds. The number of hydrogen-bond acceptors (Lipinski definition) is 4. The van der Waals surface area contributed by atoms with Gasteiger partial charge in [0.15, 0.2) is 0 Å². The van der Waals surface area contributed by atoms with Gasteiger partial charge in [0.2, 0.25) is 5.91 Å². The molecule has 0 radical (unpaired) electrons. The molecule has 0 aliphatic rings. The van der Waals surface area contributed by atoms with Crippen LogP contribution in [0.3, 0.4) is 0 Å². The Labute approximate surface area is 152 Å². The van der Waals surface area contributed by atoms with Crippen molar-refractivity contribution in [1.82, 2.24) is 10.6 Å². The first kappa shape index (κ1) is 20.9. The molecule has 0 fully saturated rings. The third kappa shape index (κ3) is 6.34. The number of halogens is 1. The van der Waals surface area contributed by atoms with E-state index in [1.807, 2.05) is 13.8 Å². The fraction of sp³-hybridized carbons (Fsp3) is 0.529. The number of nitrogens with one attached hydrogen (secondary N) is 2. The normalized spacial score (nSPS) is 11.9. The predicted octanol–water partition coefficient (Wildman–Crippen LogP) is 3.31. The van der Waals surface area contributed by atoms with Crippen molar-refractivity contribution in [2.45, 2.75) is 46.1 Å². The third-order valence-corrected chi connectivity index (χ3v) is 4.04. The second-order valence-corrected chi connectivity index (χ2v) is 6.52. The molecule has 0 aromatic heterocycles. The van der Waals surface area contributed by atoms with Crippen molar-refractivity contribution in [3.05, 3.63) is 38.9 Å². The minimum atomic E-state index is -0.719. The zero-order valence-electron chi connectivity index (χ0n) is 14.7. The van der Waals surface area contributed by atoms with Gasteiger partial charge in [0.25, 0.3) is 11.6 Å². The highest BCUT2D eigenvalue weighted by atomic mass is 35.5. The Balaban J connectivity index is 2.81. The first-order valence-electron chi connectivity index (χ1n) is 8.30. The van der Waals surface area contributed by atoms with Gasteiger partial charge in [0.1, 0.15) is 11.1 Å². The van der Waals surface area contributed by atoms with Gasteiger partial charge in [-0.25, -0.2) is 0 Å². The molecular weight excluding hydrogens is 346 g/mol. The predicted molar refractivity (Wildman–Crippen MR) is 96.7 cm³/mol. The maximum atomic E-state index is 12.4. The smallest absolute Gasteiger partial charge is 0.288 e. The van der Waals surface area contributed by atoms with Gasteiger partial charge in [-0.05, 0) is 24.5 Å². The Morgan fingerprint density at radius 1 is 1.28 bits per heavy atom. The molecule has 0 heterocycles. The Morgan fingerprint density at radius 3 is 2.52 bits per heavy atom. The van der Waals surface area contributed by atoms with Crippen LogP contribution in [0.4, 0.5) is 5.69 Å². The highest BCUT2D eigenvalue weighted by molar-refractivity contribution is 6.32. The van der Waals surface area contributed by atoms with Crippen LogP contribution < -0.4 is 10.6 Å². The quantitative estimate of drug-likeness (QED) is 0.396. The zero-order valence-corrected chi connectivity index (χ0v) is 15.4. The van der Waals surface area contributed by atoms with Crippen LogP contribution in [0.5, 0.6) is 0 Å². The number of amides is 2. The molecule has 0 saturated heterocycles. The summed E-state index contributed by atoms with van der Waals surface area (Å²) in [5.74, 6) is -0.942. The van der Waals surface area contributed by atoms with Crippen molar-refractivity contribution < 1.29 is 14.5 Å². The van der Waals surface area contributed by atoms with Crippen LogP contribution in [0, 0.1) is 16.0 Å². The fourth-order valence-corrected chi connectivity index (χ4v) is 2.44. The standard InChI is InChI=1S/C17H24ClN3O4/c1-4-5-6-9-19-17(23)15(11(2)3)20-16(22)12-7-8-13(18)14(10-12)21(24)25/h7-8,10-11,15H,4-6,9H2,1-3H3,(H,19,23)(H,20,22)/t15-/m0/s1. The molecule has 2 N–H and O–H groups in total. The van der Waals surface area contributed by atoms with Gasteiger partial charge in [-0.3, -0.25) is 19.7 Å². The van der Waals surface area contributed by atoms with E-state index in [4.69, 9.17) is 11.6 Å². The number of carbonyl (C=O) groups is 2. The summed E-state index contributed by atoms with van der Waals surface area (Å²) in [6, 6.07) is 3.07. The number of benzene rings is 1. The van der Waals surface area contributed by atoms with Crippen LogP contribution >= 0.6 is 11.6 Å². The van der Waals surface area contributed by atoms with Gasteiger partial charge in [0, 0.05) is 18.2 Å². The Bertz CT molecular complexity index is 634. The van der Waals surface area contributed by atoms with Crippen LogP contribution in [0.1, 0.15) is 50.4 Å². The summed E-state index contributed by atoms with van der Waals surface area (Å²) >= 11 is 5.75. The summed E-state index contributed by atoms with van der Waals surface area (Å²) in [5, 5.41) is 16.3. The van der Waals surface area contributed by atoms with Crippen molar-refractivity contribution in [1.29, 1.82) is 0 Å². The molecule has 1 aromatic rings. The van der Waals surface area contributed by atoms with Crippen molar-refractivity contribution in [3.63, 3.8) is 0 Å². The van der Waals surface area contributed by atoms with Crippen LogP contribution in [0.15, 0.2) is 18.2 Å². The number of hydrogen-bond donors (Lipinski definition) is 2. The second kappa shape index (κ2) is 9.98. The van der Waals surface area contributed by atoms with E-state index in [0.29, 0.717) is 6.54 Å². The van der Waals surface area contributed by atoms with Crippen LogP contribution in [-0.4, -0.2) is 29.3 Å². The molecule has 8 heteroatoms. The van der Waals surface area contributed by atoms with E-state index >= 15 is 0 Å². The van der Waals surface area contributed by atoms with E-state index in [9.17, 15) is 19.7 Å². The first-order valence-corrected chi connectivity index (χ1v) is 8.68. The molecule has 0 spiro atoms. The van der Waals surface area contributed by atoms with Crippen LogP contribution in [0.25, 0.3) is 0 Å². The van der Waals surface area contributed by atoms with Gasteiger partial charge < -0.3 is 10.6 Å². The van der Waals surface area contributed by atoms with E-state index in [1.54, 1.807) is 0 Å². The SMILES string of the molecule is CCCCCNC(=O)[C@@H](NC(=O)c1ccc(Cl)c([N+](=O)[O-])c1)C(C)C. The van der Waals surface area contributed by atoms with E-state index in [2.05, 4.69) is 17.6 Å². The van der Waals surface area contributed by atoms with E-state index < -0.39 is 16.9 Å². The zero-order chi connectivity index (χ0) is 19.0. The van der Waals surface area contributed by atoms with E-state index in [1.165, 1.54) is 12.1 Å². The molecule has 7 nitrogen and oxygen atoms in total. The third-order valence-electron chi connectivity index (χ3n) is 3.72. The molecule has 1 atom stereocenters. The van der Waals surface area contributed by atoms with Gasteiger partial charge in [0.05, 0.1) is 4.92 Å². The van der Waals surface area contributed by atoms with Gasteiger partial charge in [-0.1, -0.05) is 45.2 Å². The minimum absolute atomic E-state index is 0.0457. The summed E-state index contributed by atoms with van der Waals surface area (Å²) < 4.78 is 0. The number of carbonyl (C=O) groups excluding carboxylic acids is 2. The van der Waals surface area contributed by atoms with E-state index in [-0.39, 0.29) is 28.1 Å². The Morgan fingerprint density at radius 2 is 1.96 bits per heavy atom. The average Bonchev–Trinajstić information content (AvgIpc) is 2.56. The summed E-state index contributed by atoms with van der Waals surface area (Å²) in [6.07, 6.45) is 2.95. The molecule has 0 unspecified atom stereocenters. The second-order valence-electron chi connectivity index (χ2n) is 6.12. The van der Waals surface area contributed by atoms with Gasteiger partial charge >= 0.3 is 0 Å². The van der Waals surface area contributed by atoms with Crippen molar-refractivity contribution >= 4 is 29.1 Å². The minimum Gasteiger partial charge on any atom is -0.354 e. The molecule has 0 aliphatic carbocycles. The summed E-state index contributed by atoms with van der Waals surface area (Å²) in [4.78, 5) is 34.9. The van der Waals surface area contributed by atoms with E-state index in [0.717, 1.165) is 25.3 Å². The lowest BCUT2D eigenvalue weighted by molar-refractivity contribution is -0.384. The lowest BCUT2D eigenvalue weighted by Gasteiger charge is -2.21. The molecule has 1 rings (SSSR count). The molecule has 0 aliphatic heterocycles. The number of nitro groups is 1. The lowest BCUT2D eigenvalue weighted by Crippen LogP contribution is -2.49. The summed E-state index contributed by atoms with van der Waals surface area (Å²) in [7, 11) is 0. The average molecular weight is 370 g/mol. The maximum absolute atomic E-state index is 12.4. The van der Waals surface area contributed by atoms with Crippen LogP contribution in [0.2, 0.25) is 5.02 Å². The van der Waals surface area contributed by atoms with Crippen molar-refractivity contribution in [2.24, 2.45) is 5.92 Å². The van der Waals surface area contributed by atoms with Gasteiger partial charge in [-0.2, -0.15) is 0 Å². The number of unbranched alkanes of at least 4 members (excludes halogenated alkanes) is 2. The number of nitro benzene ring substituents is 1. The summed E-state index contributed by atoms with van der Waals surface area (Å²) in [5.41, 5.74) is -0.264. The molecule has 1 aromatic carbocycles. The lowest BCUT2D eigenvalue weighted by atomic mass is 10.0. The molecule has 0 bridgehead atoms. The topological polar surface area (TPSA) is 101 Å². The van der Waals surface area contributed by atoms with Crippen LogP contribution in [-0.2, 0) is 4.79 Å². The molecule has 138 valence electrons. The Kier molecular flexibility index (Phi) is 8.34. The monoisotopic (exact) mass is 369 g/mol. The maximum Gasteiger partial charge on any atom is 0.288 e. The molecule has 0 saturated carbocycles. The van der Waals surface area contributed by atoms with Crippen molar-refractivity contribution in [2.75, 3.05) is 6.54 Å². The molecule has 25 heavy (non-hydrogen) atoms. The highest BCUT2D eigenvalue weighted by Crippen LogP contribution is 2.25. The first-order chi connectivity index (χ1) is 11.8. The number of nitrogens with zero attached hydrogens (tertiary/aromatic N) is 1. The summed E-state index contributed by atoms with van der Waals surface area (Å²) in [6.45, 7) is 6.27.